The predicted molar refractivity (Wildman–Crippen MR) is 85.4 cm³/mol. The zero-order chi connectivity index (χ0) is 14.8. The fourth-order valence-corrected chi connectivity index (χ4v) is 3.60. The van der Waals surface area contributed by atoms with Crippen LogP contribution in [0.15, 0.2) is 24.3 Å². The van der Waals surface area contributed by atoms with Crippen LogP contribution in [0, 0.1) is 0 Å². The van der Waals surface area contributed by atoms with Gasteiger partial charge in [0.1, 0.15) is 5.60 Å². The first-order valence-corrected chi connectivity index (χ1v) is 8.28. The summed E-state index contributed by atoms with van der Waals surface area (Å²) in [5, 5.41) is 10.5. The molecule has 1 saturated heterocycles. The number of rotatable bonds is 3. The average molecular weight is 293 g/mol. The molecule has 2 rings (SSSR count). The monoisotopic (exact) mass is 293 g/mol. The van der Waals surface area contributed by atoms with Crippen LogP contribution < -0.4 is 4.90 Å². The Balaban J connectivity index is 2.13. The Morgan fingerprint density at radius 3 is 2.30 bits per heavy atom. The SMILES string of the molecule is CC(C)c1ccc(N(C)C(=O)C2(O)CCSCC2)cc1. The number of likely N-dealkylation sites (N-methyl/N-ethyl adjacent to an activating group) is 1. The van der Waals surface area contributed by atoms with Crippen molar-refractivity contribution in [2.75, 3.05) is 23.5 Å². The molecule has 0 atom stereocenters. The zero-order valence-electron chi connectivity index (χ0n) is 12.4. The minimum atomic E-state index is -1.18. The molecule has 1 aliphatic rings. The van der Waals surface area contributed by atoms with Crippen molar-refractivity contribution in [1.82, 2.24) is 0 Å². The van der Waals surface area contributed by atoms with Crippen LogP contribution in [0.3, 0.4) is 0 Å². The summed E-state index contributed by atoms with van der Waals surface area (Å²) in [5.41, 5.74) is 0.907. The smallest absolute Gasteiger partial charge is 0.258 e. The number of aliphatic hydroxyl groups is 1. The van der Waals surface area contributed by atoms with Gasteiger partial charge in [0.25, 0.3) is 5.91 Å². The number of nitrogens with zero attached hydrogens (tertiary/aromatic N) is 1. The second-order valence-corrected chi connectivity index (χ2v) is 6.98. The van der Waals surface area contributed by atoms with Crippen molar-refractivity contribution in [3.63, 3.8) is 0 Å². The van der Waals surface area contributed by atoms with Crippen molar-refractivity contribution in [2.45, 2.75) is 38.2 Å². The molecule has 1 fully saturated rings. The van der Waals surface area contributed by atoms with Gasteiger partial charge in [0.05, 0.1) is 0 Å². The molecule has 3 nitrogen and oxygen atoms in total. The zero-order valence-corrected chi connectivity index (χ0v) is 13.2. The molecule has 0 unspecified atom stereocenters. The summed E-state index contributed by atoms with van der Waals surface area (Å²) in [6, 6.07) is 8.00. The van der Waals surface area contributed by atoms with Crippen molar-refractivity contribution < 1.29 is 9.90 Å². The fourth-order valence-electron chi connectivity index (χ4n) is 2.44. The molecule has 1 aliphatic heterocycles. The van der Waals surface area contributed by atoms with Crippen molar-refractivity contribution in [2.24, 2.45) is 0 Å². The van der Waals surface area contributed by atoms with Gasteiger partial charge in [-0.2, -0.15) is 11.8 Å². The molecule has 1 aromatic rings. The van der Waals surface area contributed by atoms with E-state index in [1.807, 2.05) is 24.3 Å². The summed E-state index contributed by atoms with van der Waals surface area (Å²) >= 11 is 1.80. The Hall–Kier alpha value is -1.00. The molecule has 0 bridgehead atoms. The van der Waals surface area contributed by atoms with Crippen molar-refractivity contribution in [3.8, 4) is 0 Å². The number of anilines is 1. The highest BCUT2D eigenvalue weighted by Crippen LogP contribution is 2.30. The molecule has 1 aromatic carbocycles. The van der Waals surface area contributed by atoms with Gasteiger partial charge >= 0.3 is 0 Å². The van der Waals surface area contributed by atoms with Crippen molar-refractivity contribution in [1.29, 1.82) is 0 Å². The number of hydrogen-bond acceptors (Lipinski definition) is 3. The average Bonchev–Trinajstić information content (AvgIpc) is 2.46. The highest BCUT2D eigenvalue weighted by atomic mass is 32.2. The maximum absolute atomic E-state index is 12.5. The number of hydrogen-bond donors (Lipinski definition) is 1. The summed E-state index contributed by atoms with van der Waals surface area (Å²) in [6.07, 6.45) is 1.09. The number of carbonyl (C=O) groups is 1. The van der Waals surface area contributed by atoms with Crippen LogP contribution in [-0.2, 0) is 4.79 Å². The molecule has 0 aliphatic carbocycles. The van der Waals surface area contributed by atoms with Gasteiger partial charge in [-0.15, -0.1) is 0 Å². The number of thioether (sulfide) groups is 1. The van der Waals surface area contributed by atoms with Crippen LogP contribution in [-0.4, -0.2) is 35.2 Å². The molecule has 20 heavy (non-hydrogen) atoms. The first kappa shape index (κ1) is 15.4. The Morgan fingerprint density at radius 2 is 1.80 bits per heavy atom. The molecule has 4 heteroatoms. The summed E-state index contributed by atoms with van der Waals surface area (Å²) < 4.78 is 0. The molecule has 1 N–H and O–H groups in total. The number of benzene rings is 1. The van der Waals surface area contributed by atoms with Crippen LogP contribution in [0.4, 0.5) is 5.69 Å². The van der Waals surface area contributed by atoms with Gasteiger partial charge < -0.3 is 10.0 Å². The van der Waals surface area contributed by atoms with Gasteiger partial charge in [0, 0.05) is 12.7 Å². The van der Waals surface area contributed by atoms with E-state index in [0.29, 0.717) is 18.8 Å². The van der Waals surface area contributed by atoms with E-state index in [9.17, 15) is 9.90 Å². The van der Waals surface area contributed by atoms with Gasteiger partial charge in [-0.3, -0.25) is 4.79 Å². The van der Waals surface area contributed by atoms with Crippen LogP contribution in [0.5, 0.6) is 0 Å². The van der Waals surface area contributed by atoms with Gasteiger partial charge in [-0.1, -0.05) is 26.0 Å². The molecule has 0 saturated carbocycles. The largest absolute Gasteiger partial charge is 0.380 e. The van der Waals surface area contributed by atoms with Crippen molar-refractivity contribution in [3.05, 3.63) is 29.8 Å². The lowest BCUT2D eigenvalue weighted by atomic mass is 9.94. The Bertz CT molecular complexity index is 464. The summed E-state index contributed by atoms with van der Waals surface area (Å²) in [5.74, 6) is 1.99. The lowest BCUT2D eigenvalue weighted by Crippen LogP contribution is -2.49. The van der Waals surface area contributed by atoms with Crippen LogP contribution in [0.1, 0.15) is 38.2 Å². The molecule has 1 amide bonds. The van der Waals surface area contributed by atoms with E-state index in [1.165, 1.54) is 5.56 Å². The van der Waals surface area contributed by atoms with E-state index >= 15 is 0 Å². The highest BCUT2D eigenvalue weighted by Gasteiger charge is 2.39. The highest BCUT2D eigenvalue weighted by molar-refractivity contribution is 7.99. The second-order valence-electron chi connectivity index (χ2n) is 5.75. The normalized spacial score (nSPS) is 18.1. The third-order valence-corrected chi connectivity index (χ3v) is 4.96. The standard InChI is InChI=1S/C16H23NO2S/c1-12(2)13-4-6-14(7-5-13)17(3)15(18)16(19)8-10-20-11-9-16/h4-7,12,19H,8-11H2,1-3H3. The van der Waals surface area contributed by atoms with E-state index in [-0.39, 0.29) is 5.91 Å². The molecule has 0 spiro atoms. The molecule has 110 valence electrons. The lowest BCUT2D eigenvalue weighted by Gasteiger charge is -2.34. The molecule has 0 aromatic heterocycles. The number of carbonyl (C=O) groups excluding carboxylic acids is 1. The third-order valence-electron chi connectivity index (χ3n) is 3.97. The quantitative estimate of drug-likeness (QED) is 0.931. The summed E-state index contributed by atoms with van der Waals surface area (Å²) in [7, 11) is 1.74. The van der Waals surface area contributed by atoms with E-state index < -0.39 is 5.60 Å². The van der Waals surface area contributed by atoms with Crippen LogP contribution in [0.2, 0.25) is 0 Å². The second kappa shape index (κ2) is 6.19. The van der Waals surface area contributed by atoms with Gasteiger partial charge in [0.2, 0.25) is 0 Å². The Kier molecular flexibility index (Phi) is 4.76. The third kappa shape index (κ3) is 3.18. The maximum Gasteiger partial charge on any atom is 0.258 e. The molecular formula is C16H23NO2S. The minimum absolute atomic E-state index is 0.185. The fraction of sp³-hybridized carbons (Fsp3) is 0.562. The van der Waals surface area contributed by atoms with Crippen molar-refractivity contribution >= 4 is 23.4 Å². The topological polar surface area (TPSA) is 40.5 Å². The first-order chi connectivity index (χ1) is 9.44. The minimum Gasteiger partial charge on any atom is -0.380 e. The van der Waals surface area contributed by atoms with Crippen LogP contribution in [0.25, 0.3) is 0 Å². The molecular weight excluding hydrogens is 270 g/mol. The lowest BCUT2D eigenvalue weighted by molar-refractivity contribution is -0.137. The van der Waals surface area contributed by atoms with Gasteiger partial charge in [0.15, 0.2) is 0 Å². The van der Waals surface area contributed by atoms with Crippen LogP contribution >= 0.6 is 11.8 Å². The Morgan fingerprint density at radius 1 is 1.25 bits per heavy atom. The predicted octanol–water partition coefficient (Wildman–Crippen LogP) is 3.03. The van der Waals surface area contributed by atoms with Gasteiger partial charge in [-0.05, 0) is 48.0 Å². The van der Waals surface area contributed by atoms with E-state index in [4.69, 9.17) is 0 Å². The number of amides is 1. The molecule has 1 heterocycles. The maximum atomic E-state index is 12.5. The van der Waals surface area contributed by atoms with Gasteiger partial charge in [-0.25, -0.2) is 0 Å². The van der Waals surface area contributed by atoms with E-state index in [1.54, 1.807) is 23.7 Å². The Labute approximate surface area is 125 Å². The molecule has 0 radical (unpaired) electrons. The first-order valence-electron chi connectivity index (χ1n) is 7.12. The summed E-state index contributed by atoms with van der Waals surface area (Å²) in [6.45, 7) is 4.29. The van der Waals surface area contributed by atoms with E-state index in [0.717, 1.165) is 17.2 Å². The summed E-state index contributed by atoms with van der Waals surface area (Å²) in [4.78, 5) is 14.1. The van der Waals surface area contributed by atoms with E-state index in [2.05, 4.69) is 13.8 Å².